The number of carbonyl (C=O) groups is 11. The van der Waals surface area contributed by atoms with Crippen molar-refractivity contribution in [1.29, 1.82) is 5.26 Å². The number of hydrogen-bond acceptors (Lipinski definition) is 24. The standard InChI is InChI=1S/C30H36N6O5.C30H39N5O6.C30H41N5O5/c1-17(2)25-26(37)32-18(3)27(38)36-14-6-7-23(35-36)28(39)41-19(4)22-11-10-21-9-8-20(15-24(21)33-22)12-13-30(5,16-31)29(40)34-25;1-16(2)26-28(38)31-17(3)29(39)35-14-6-7-24(34-35)30(40)41-19(5)23-13-11-21-10-8-20(15-25(21)32-23)9-12-22(18(4)36)27(37)33-26;1-18(2)26-27(37)33-25(16-36)28(38)35-14-6-7-23(34-35)29(39)40-19(3)22-11-10-21-9-8-20(15-24(21)32-22)12-13-30(4,5)17-31-26/h8-13,15,17-19,23,25,35H,6-7,14H2,1-5H3,(H,32,37)(H,34,40);8-13,15-19,22,24,26,34,36H,6-7,14H2,1-5H3,(H,31,38)(H,33,37);8-13,15,18-19,23,25-26,31,34,36H,6-7,14,16-17H2,1-5H3,(H,33,37)/b13-12+;12-9+;13-12+/t18-,19+,23-,25-,30?;17-,18+,19+,22+,24-,26-;19-,23?,25+,26+/m001/s1. The fraction of sp³-hybridized carbons (Fsp3) is 0.500. The van der Waals surface area contributed by atoms with Crippen LogP contribution in [-0.4, -0.2) is 199 Å². The van der Waals surface area contributed by atoms with Gasteiger partial charge < -0.3 is 56.3 Å². The van der Waals surface area contributed by atoms with Crippen molar-refractivity contribution in [2.24, 2.45) is 34.5 Å². The molecule has 12 rings (SSSR count). The van der Waals surface area contributed by atoms with Crippen LogP contribution in [-0.2, 0) is 67.0 Å². The number of hydrogen-bond donors (Lipinski definition) is 11. The molecule has 0 radical (unpaired) electrons. The molecule has 652 valence electrons. The van der Waals surface area contributed by atoms with Crippen molar-refractivity contribution < 1.29 is 77.2 Å². The minimum absolute atomic E-state index is 0.0640. The van der Waals surface area contributed by atoms with Crippen LogP contribution < -0.4 is 48.2 Å². The number of aromatic nitrogens is 3. The van der Waals surface area contributed by atoms with Gasteiger partial charge >= 0.3 is 17.9 Å². The van der Waals surface area contributed by atoms with Crippen LogP contribution in [0.3, 0.4) is 0 Å². The molecule has 0 spiro atoms. The Kier molecular flexibility index (Phi) is 31.1. The molecule has 15 atom stereocenters. The van der Waals surface area contributed by atoms with Crippen molar-refractivity contribution in [3.63, 3.8) is 0 Å². The molecule has 32 heteroatoms. The summed E-state index contributed by atoms with van der Waals surface area (Å²) in [6.45, 7) is 27.4. The molecular weight excluding hydrogens is 1560 g/mol. The van der Waals surface area contributed by atoms with E-state index in [-0.39, 0.29) is 29.1 Å². The van der Waals surface area contributed by atoms with Gasteiger partial charge in [-0.25, -0.2) is 31.2 Å². The van der Waals surface area contributed by atoms with Crippen molar-refractivity contribution in [1.82, 2.24) is 78.2 Å². The minimum Gasteiger partial charge on any atom is -0.455 e. The molecule has 6 aliphatic rings. The zero-order chi connectivity index (χ0) is 88.8. The summed E-state index contributed by atoms with van der Waals surface area (Å²) in [5.41, 5.74) is 13.3. The smallest absolute Gasteiger partial charge is 0.325 e. The van der Waals surface area contributed by atoms with E-state index in [0.717, 1.165) is 32.8 Å². The van der Waals surface area contributed by atoms with Crippen LogP contribution in [0.2, 0.25) is 0 Å². The number of carbonyl (C=O) groups excluding carboxylic acids is 11. The maximum atomic E-state index is 13.3. The molecular formula is C90H116N16O16. The molecule has 3 aromatic heterocycles. The third-order valence-electron chi connectivity index (χ3n) is 22.4. The SMILES string of the molecule is CC(C)[C@@H]1NC(=O)C(C)(C#N)/C=C/c2ccc3ccc(nc3c2)[C@@H](C)OC(=O)[C@@H]2CCCN(N2)C(=O)[C@H](C)NC1=O.CC(C)[C@@H]1NC(=O)[C@@H]([C@@H](C)O)/C=C/c2ccc3ccc(nc3c2)[C@@H](C)OC(=O)[C@@H]2CCCN(N2)C(=O)[C@H](C)NC1=O.CC(C)[C@@H]1NCC(C)(C)/C=C/c2ccc3ccc(nc3c2)[C@@H](C)OC(=O)C2CCCN(N2)C(=O)[C@H](CO)NC1=O. The Labute approximate surface area is 710 Å². The number of benzene rings is 3. The number of amides is 8. The average Bonchev–Trinajstić information content (AvgIpc) is 0.877. The molecule has 122 heavy (non-hydrogen) atoms. The van der Waals surface area contributed by atoms with Gasteiger partial charge in [0.25, 0.3) is 17.7 Å². The Morgan fingerprint density at radius 3 is 1.23 bits per heavy atom. The number of rotatable bonds is 5. The van der Waals surface area contributed by atoms with Crippen molar-refractivity contribution in [2.45, 2.75) is 221 Å². The molecule has 32 nitrogen and oxygen atoms in total. The summed E-state index contributed by atoms with van der Waals surface area (Å²) >= 11 is 0. The highest BCUT2D eigenvalue weighted by atomic mass is 16.6. The molecule has 0 aliphatic carbocycles. The van der Waals surface area contributed by atoms with Gasteiger partial charge in [0.05, 0.1) is 64.4 Å². The van der Waals surface area contributed by atoms with Gasteiger partial charge in [-0.15, -0.1) is 0 Å². The van der Waals surface area contributed by atoms with Crippen LogP contribution in [0.25, 0.3) is 50.9 Å². The second-order valence-corrected chi connectivity index (χ2v) is 34.1. The minimum atomic E-state index is -1.58. The highest BCUT2D eigenvalue weighted by molar-refractivity contribution is 5.97. The number of fused-ring (bicyclic) bond motifs is 12. The summed E-state index contributed by atoms with van der Waals surface area (Å²) in [6, 6.07) is 22.7. The number of cyclic esters (lactones) is 3. The number of aliphatic hydroxyl groups excluding tert-OH is 2. The number of nitrogens with zero attached hydrogens (tertiary/aromatic N) is 7. The van der Waals surface area contributed by atoms with E-state index in [9.17, 15) is 68.2 Å². The van der Waals surface area contributed by atoms with E-state index >= 15 is 0 Å². The quantitative estimate of drug-likeness (QED) is 0.0610. The van der Waals surface area contributed by atoms with Crippen molar-refractivity contribution in [3.8, 4) is 6.07 Å². The first kappa shape index (κ1) is 92.8. The van der Waals surface area contributed by atoms with Crippen LogP contribution >= 0.6 is 0 Å². The van der Waals surface area contributed by atoms with Gasteiger partial charge in [-0.1, -0.05) is 146 Å². The molecule has 2 unspecified atom stereocenters. The third-order valence-corrected chi connectivity index (χ3v) is 22.4. The number of esters is 3. The fourth-order valence-electron chi connectivity index (χ4n) is 14.7. The normalized spacial score (nSPS) is 28.2. The number of nitrogens with one attached hydrogen (secondary N) is 9. The summed E-state index contributed by atoms with van der Waals surface area (Å²) in [7, 11) is 0. The van der Waals surface area contributed by atoms with E-state index in [0.29, 0.717) is 98.4 Å². The zero-order valence-corrected chi connectivity index (χ0v) is 72.0. The molecule has 3 saturated heterocycles. The van der Waals surface area contributed by atoms with Gasteiger partial charge in [0.15, 0.2) is 5.41 Å². The van der Waals surface area contributed by atoms with Gasteiger partial charge in [0.1, 0.15) is 66.6 Å². The Morgan fingerprint density at radius 2 is 0.844 bits per heavy atom. The van der Waals surface area contributed by atoms with Crippen LogP contribution in [0, 0.1) is 45.8 Å². The lowest BCUT2D eigenvalue weighted by molar-refractivity contribution is -0.158. The Hall–Kier alpha value is -11.5. The molecule has 3 fully saturated rings. The Morgan fingerprint density at radius 1 is 0.475 bits per heavy atom. The van der Waals surface area contributed by atoms with E-state index in [2.05, 4.69) is 73.1 Å². The molecule has 6 aliphatic heterocycles. The maximum absolute atomic E-state index is 13.3. The number of pyridine rings is 3. The molecule has 0 saturated carbocycles. The van der Waals surface area contributed by atoms with Crippen LogP contribution in [0.5, 0.6) is 0 Å². The summed E-state index contributed by atoms with van der Waals surface area (Å²) in [4.78, 5) is 159. The maximum Gasteiger partial charge on any atom is 0.325 e. The summed E-state index contributed by atoms with van der Waals surface area (Å²) in [5.74, 6) is -7.07. The Bertz CT molecular complexity index is 5020. The van der Waals surface area contributed by atoms with Gasteiger partial charge in [0, 0.05) is 42.3 Å². The molecule has 6 aromatic rings. The lowest BCUT2D eigenvalue weighted by atomic mass is 9.89. The molecule has 3 aromatic carbocycles. The predicted octanol–water partition coefficient (Wildman–Crippen LogP) is 7.02. The molecule has 8 amide bonds. The highest BCUT2D eigenvalue weighted by Crippen LogP contribution is 2.30. The van der Waals surface area contributed by atoms with E-state index in [1.807, 2.05) is 105 Å². The van der Waals surface area contributed by atoms with Crippen LogP contribution in [0.1, 0.15) is 194 Å². The zero-order valence-electron chi connectivity index (χ0n) is 72.0. The van der Waals surface area contributed by atoms with Gasteiger partial charge in [-0.05, 0) is 163 Å². The summed E-state index contributed by atoms with van der Waals surface area (Å²) < 4.78 is 17.2. The van der Waals surface area contributed by atoms with Crippen molar-refractivity contribution in [3.05, 3.63) is 143 Å². The third kappa shape index (κ3) is 23.6. The highest BCUT2D eigenvalue weighted by Gasteiger charge is 2.41. The van der Waals surface area contributed by atoms with E-state index in [4.69, 9.17) is 24.2 Å². The first-order valence-corrected chi connectivity index (χ1v) is 41.9. The first-order valence-electron chi connectivity index (χ1n) is 41.9. The number of nitriles is 1. The lowest BCUT2D eigenvalue weighted by Gasteiger charge is -2.35. The average molecular weight is 1680 g/mol. The Balaban J connectivity index is 0.000000192. The number of hydrazine groups is 3. The second-order valence-electron chi connectivity index (χ2n) is 34.1. The van der Waals surface area contributed by atoms with Crippen LogP contribution in [0.15, 0.2) is 109 Å². The van der Waals surface area contributed by atoms with Crippen molar-refractivity contribution >= 4 is 116 Å². The molecule has 15 bridgehead atoms. The van der Waals surface area contributed by atoms with E-state index in [1.165, 1.54) is 35.0 Å². The van der Waals surface area contributed by atoms with Crippen molar-refractivity contribution in [2.75, 3.05) is 32.8 Å². The monoisotopic (exact) mass is 1680 g/mol. The summed E-state index contributed by atoms with van der Waals surface area (Å²) in [5, 5.41) is 53.9. The first-order chi connectivity index (χ1) is 57.8. The van der Waals surface area contributed by atoms with Gasteiger partial charge in [-0.2, -0.15) is 5.26 Å². The van der Waals surface area contributed by atoms with Crippen LogP contribution in [0.4, 0.5) is 0 Å². The molecule has 9 heterocycles. The topological polar surface area (TPSA) is 436 Å². The number of aliphatic hydroxyl groups is 2. The van der Waals surface area contributed by atoms with E-state index in [1.54, 1.807) is 92.7 Å². The second kappa shape index (κ2) is 40.9. The molecule has 11 N–H and O–H groups in total. The predicted molar refractivity (Wildman–Crippen MR) is 457 cm³/mol. The largest absolute Gasteiger partial charge is 0.455 e. The van der Waals surface area contributed by atoms with Gasteiger partial charge in [-0.3, -0.25) is 67.8 Å². The van der Waals surface area contributed by atoms with E-state index < -0.39 is 156 Å². The summed E-state index contributed by atoms with van der Waals surface area (Å²) in [6.07, 6.45) is 10.8. The van der Waals surface area contributed by atoms with Gasteiger partial charge in [0.2, 0.25) is 29.5 Å². The number of ether oxygens (including phenoxy) is 3. The fourth-order valence-corrected chi connectivity index (χ4v) is 14.7. The lowest BCUT2D eigenvalue weighted by Crippen LogP contribution is -2.62.